The number of anilines is 1. The number of piperazine rings is 1. The first-order chi connectivity index (χ1) is 26.5. The van der Waals surface area contributed by atoms with Crippen molar-refractivity contribution in [2.45, 2.75) is 44.2 Å². The summed E-state index contributed by atoms with van der Waals surface area (Å²) < 4.78 is 63.0. The third-order valence-electron chi connectivity index (χ3n) is 10.1. The van der Waals surface area contributed by atoms with Crippen LogP contribution in [0.25, 0.3) is 22.0 Å². The van der Waals surface area contributed by atoms with E-state index in [-0.39, 0.29) is 45.0 Å². The molecular formula is C41H44FN5O8S. The SMILES string of the molecule is COC(=O)c1ccc(Oc2cccc(N3CC(N4CCN(C(=O)OC(C)(C)C)CC4)C3)c2F)c(-c2cn(C)c(=O)c3c2ccn3S(=O)(=O)c2ccc(C)cc2)c1. The summed E-state index contributed by atoms with van der Waals surface area (Å²) in [5.41, 5.74) is 0.846. The van der Waals surface area contributed by atoms with E-state index in [2.05, 4.69) is 4.90 Å². The molecule has 0 saturated carbocycles. The number of hydrogen-bond donors (Lipinski definition) is 0. The Bertz CT molecular complexity index is 2490. The largest absolute Gasteiger partial charge is 0.465 e. The summed E-state index contributed by atoms with van der Waals surface area (Å²) in [6, 6.07) is 17.4. The molecule has 5 aromatic rings. The zero-order valence-electron chi connectivity index (χ0n) is 32.1. The maximum absolute atomic E-state index is 16.3. The van der Waals surface area contributed by atoms with Crippen LogP contribution in [-0.2, 0) is 26.5 Å². The number of rotatable bonds is 8. The van der Waals surface area contributed by atoms with Gasteiger partial charge in [-0.3, -0.25) is 9.69 Å². The van der Waals surface area contributed by atoms with Gasteiger partial charge in [0.25, 0.3) is 15.6 Å². The number of aryl methyl sites for hydroxylation is 2. The zero-order valence-corrected chi connectivity index (χ0v) is 32.9. The minimum atomic E-state index is -4.18. The molecule has 56 heavy (non-hydrogen) atoms. The average molecular weight is 786 g/mol. The molecule has 0 atom stereocenters. The fourth-order valence-electron chi connectivity index (χ4n) is 7.06. The second kappa shape index (κ2) is 14.8. The number of carbonyl (C=O) groups excluding carboxylic acids is 2. The maximum Gasteiger partial charge on any atom is 0.410 e. The van der Waals surface area contributed by atoms with Crippen LogP contribution in [0, 0.1) is 12.7 Å². The predicted molar refractivity (Wildman–Crippen MR) is 210 cm³/mol. The molecule has 2 saturated heterocycles. The summed E-state index contributed by atoms with van der Waals surface area (Å²) >= 11 is 0. The number of fused-ring (bicyclic) bond motifs is 1. The van der Waals surface area contributed by atoms with Crippen molar-refractivity contribution in [3.63, 3.8) is 0 Å². The number of halogens is 1. The minimum Gasteiger partial charge on any atom is -0.465 e. The van der Waals surface area contributed by atoms with Gasteiger partial charge in [0, 0.05) is 81.3 Å². The van der Waals surface area contributed by atoms with Crippen molar-refractivity contribution in [3.05, 3.63) is 106 Å². The van der Waals surface area contributed by atoms with Crippen molar-refractivity contribution >= 4 is 38.7 Å². The van der Waals surface area contributed by atoms with Gasteiger partial charge in [-0.25, -0.2) is 26.4 Å². The van der Waals surface area contributed by atoms with Gasteiger partial charge in [0.05, 0.1) is 23.3 Å². The fourth-order valence-corrected chi connectivity index (χ4v) is 8.41. The lowest BCUT2D eigenvalue weighted by Gasteiger charge is -2.49. The van der Waals surface area contributed by atoms with Gasteiger partial charge in [0.1, 0.15) is 16.9 Å². The summed E-state index contributed by atoms with van der Waals surface area (Å²) in [5, 5.41) is 0.281. The molecule has 2 aromatic heterocycles. The highest BCUT2D eigenvalue weighted by molar-refractivity contribution is 7.90. The van der Waals surface area contributed by atoms with Gasteiger partial charge in [0.15, 0.2) is 11.6 Å². The number of pyridine rings is 1. The van der Waals surface area contributed by atoms with E-state index in [0.717, 1.165) is 9.54 Å². The van der Waals surface area contributed by atoms with E-state index in [9.17, 15) is 22.8 Å². The van der Waals surface area contributed by atoms with Crippen molar-refractivity contribution in [1.82, 2.24) is 18.3 Å². The second-order valence-electron chi connectivity index (χ2n) is 15.1. The first-order valence-corrected chi connectivity index (χ1v) is 19.7. The van der Waals surface area contributed by atoms with Crippen molar-refractivity contribution in [3.8, 4) is 22.6 Å². The molecule has 2 aliphatic heterocycles. The number of esters is 1. The molecule has 0 bridgehead atoms. The van der Waals surface area contributed by atoms with Gasteiger partial charge in [-0.2, -0.15) is 0 Å². The molecule has 0 aliphatic carbocycles. The monoisotopic (exact) mass is 785 g/mol. The lowest BCUT2D eigenvalue weighted by Crippen LogP contribution is -2.63. The molecule has 1 amide bonds. The van der Waals surface area contributed by atoms with Crippen molar-refractivity contribution in [2.24, 2.45) is 7.05 Å². The Morgan fingerprint density at radius 2 is 1.59 bits per heavy atom. The predicted octanol–water partition coefficient (Wildman–Crippen LogP) is 6.01. The van der Waals surface area contributed by atoms with Gasteiger partial charge < -0.3 is 28.6 Å². The number of methoxy groups -OCH3 is 1. The van der Waals surface area contributed by atoms with Gasteiger partial charge in [0.2, 0.25) is 0 Å². The summed E-state index contributed by atoms with van der Waals surface area (Å²) in [5.74, 6) is -1.12. The quantitative estimate of drug-likeness (QED) is 0.172. The number of ether oxygens (including phenoxy) is 3. The minimum absolute atomic E-state index is 0.00872. The Morgan fingerprint density at radius 3 is 2.25 bits per heavy atom. The van der Waals surface area contributed by atoms with E-state index < -0.39 is 33.0 Å². The lowest BCUT2D eigenvalue weighted by molar-refractivity contribution is 0.00871. The van der Waals surface area contributed by atoms with Crippen molar-refractivity contribution in [1.29, 1.82) is 0 Å². The number of carbonyl (C=O) groups is 2. The molecule has 0 spiro atoms. The van der Waals surface area contributed by atoms with E-state index in [1.807, 2.05) is 32.6 Å². The topological polar surface area (TPSA) is 133 Å². The number of hydrogen-bond acceptors (Lipinski definition) is 10. The van der Waals surface area contributed by atoms with Crippen LogP contribution >= 0.6 is 0 Å². The van der Waals surface area contributed by atoms with E-state index >= 15 is 4.39 Å². The highest BCUT2D eigenvalue weighted by Crippen LogP contribution is 2.41. The Balaban J connectivity index is 1.17. The van der Waals surface area contributed by atoms with Gasteiger partial charge in [-0.05, 0) is 76.2 Å². The highest BCUT2D eigenvalue weighted by Gasteiger charge is 2.36. The molecule has 13 nitrogen and oxygen atoms in total. The van der Waals surface area contributed by atoms with Crippen LogP contribution in [0.2, 0.25) is 0 Å². The molecule has 0 N–H and O–H groups in total. The number of nitrogens with zero attached hydrogens (tertiary/aromatic N) is 5. The Hall–Kier alpha value is -5.67. The third-order valence-corrected chi connectivity index (χ3v) is 11.8. The molecule has 2 fully saturated rings. The number of amides is 1. The summed E-state index contributed by atoms with van der Waals surface area (Å²) in [6.45, 7) is 11.0. The smallest absolute Gasteiger partial charge is 0.410 e. The first-order valence-electron chi connectivity index (χ1n) is 18.2. The molecule has 4 heterocycles. The Morgan fingerprint density at radius 1 is 0.893 bits per heavy atom. The normalized spacial score (nSPS) is 15.5. The molecule has 7 rings (SSSR count). The molecule has 0 radical (unpaired) electrons. The fraction of sp³-hybridized carbons (Fsp3) is 0.341. The molecular weight excluding hydrogens is 742 g/mol. The van der Waals surface area contributed by atoms with E-state index in [4.69, 9.17) is 14.2 Å². The summed E-state index contributed by atoms with van der Waals surface area (Å²) in [4.78, 5) is 44.8. The summed E-state index contributed by atoms with van der Waals surface area (Å²) in [6.07, 6.45) is 2.52. The van der Waals surface area contributed by atoms with Gasteiger partial charge in [-0.15, -0.1) is 0 Å². The molecule has 2 aliphatic rings. The molecule has 15 heteroatoms. The zero-order chi connectivity index (χ0) is 40.1. The Kier molecular flexibility index (Phi) is 10.2. The third kappa shape index (κ3) is 7.35. The van der Waals surface area contributed by atoms with Gasteiger partial charge in [-0.1, -0.05) is 23.8 Å². The van der Waals surface area contributed by atoms with Crippen LogP contribution in [0.3, 0.4) is 0 Å². The highest BCUT2D eigenvalue weighted by atomic mass is 32.2. The molecule has 0 unspecified atom stereocenters. The first kappa shape index (κ1) is 38.6. The number of benzene rings is 3. The van der Waals surface area contributed by atoms with E-state index in [0.29, 0.717) is 56.1 Å². The van der Waals surface area contributed by atoms with E-state index in [1.54, 1.807) is 29.2 Å². The van der Waals surface area contributed by atoms with Gasteiger partial charge >= 0.3 is 12.1 Å². The molecule has 294 valence electrons. The van der Waals surface area contributed by atoms with Crippen LogP contribution < -0.4 is 15.2 Å². The molecule has 3 aromatic carbocycles. The van der Waals surface area contributed by atoms with Crippen LogP contribution in [0.1, 0.15) is 36.7 Å². The van der Waals surface area contributed by atoms with Crippen molar-refractivity contribution in [2.75, 3.05) is 51.3 Å². The second-order valence-corrected chi connectivity index (χ2v) is 16.9. The number of aromatic nitrogens is 2. The standard InChI is InChI=1S/C41H44FN5O8S/c1-26-10-13-29(14-11-26)56(51,52)47-17-16-30-32(25-43(5)38(48)37(30)47)31-22-27(39(49)53-6)12-15-34(31)54-35-9-7-8-33(36(35)42)46-23-28(24-46)44-18-20-45(21-19-44)40(50)55-41(2,3)4/h7-17,22,25,28H,18-21,23-24H2,1-6H3. The van der Waals surface area contributed by atoms with E-state index in [1.165, 1.54) is 73.6 Å². The van der Waals surface area contributed by atoms with Crippen LogP contribution in [-0.4, -0.2) is 96.8 Å². The van der Waals surface area contributed by atoms with Crippen LogP contribution in [0.15, 0.2) is 88.8 Å². The lowest BCUT2D eigenvalue weighted by atomic mass is 10.00. The van der Waals surface area contributed by atoms with Crippen molar-refractivity contribution < 1.29 is 36.6 Å². The Labute approximate surface area is 324 Å². The van der Waals surface area contributed by atoms with Crippen LogP contribution in [0.4, 0.5) is 14.9 Å². The van der Waals surface area contributed by atoms with Crippen LogP contribution in [0.5, 0.6) is 11.5 Å². The summed E-state index contributed by atoms with van der Waals surface area (Å²) in [7, 11) is -1.44. The maximum atomic E-state index is 16.3. The average Bonchev–Trinajstić information content (AvgIpc) is 3.60.